The molecule has 1 fully saturated rings. The molecule has 1 unspecified atom stereocenters. The van der Waals surface area contributed by atoms with Crippen molar-refractivity contribution in [2.75, 3.05) is 19.6 Å². The largest absolute Gasteiger partial charge is 0.478 e. The van der Waals surface area contributed by atoms with Crippen LogP contribution in [0, 0.1) is 5.92 Å². The van der Waals surface area contributed by atoms with Gasteiger partial charge in [0.25, 0.3) is 0 Å². The molecule has 1 aliphatic rings. The minimum absolute atomic E-state index is 0.218. The standard InChI is InChI=1S/C14H18N4O2/c1-2-17-7-6-10(8-17)9-18-12-5-3-4-11(14(19)20)13(12)15-16-18/h3-5,10H,2,6-9H2,1H3,(H,19,20). The maximum atomic E-state index is 11.2. The zero-order valence-electron chi connectivity index (χ0n) is 11.5. The van der Waals surface area contributed by atoms with Gasteiger partial charge in [0.2, 0.25) is 0 Å². The molecule has 0 saturated carbocycles. The lowest BCUT2D eigenvalue weighted by molar-refractivity contribution is 0.0699. The Morgan fingerprint density at radius 3 is 3.05 bits per heavy atom. The number of likely N-dealkylation sites (tertiary alicyclic amines) is 1. The van der Waals surface area contributed by atoms with Gasteiger partial charge in [-0.05, 0) is 37.6 Å². The molecule has 6 heteroatoms. The Morgan fingerprint density at radius 2 is 2.35 bits per heavy atom. The highest BCUT2D eigenvalue weighted by atomic mass is 16.4. The second-order valence-corrected chi connectivity index (χ2v) is 5.30. The fraction of sp³-hybridized carbons (Fsp3) is 0.500. The van der Waals surface area contributed by atoms with Gasteiger partial charge in [0, 0.05) is 13.1 Å². The lowest BCUT2D eigenvalue weighted by atomic mass is 10.1. The Hall–Kier alpha value is -1.95. The molecule has 1 aliphatic heterocycles. The van der Waals surface area contributed by atoms with Crippen LogP contribution in [0.5, 0.6) is 0 Å². The lowest BCUT2D eigenvalue weighted by Gasteiger charge is -2.13. The Morgan fingerprint density at radius 1 is 1.50 bits per heavy atom. The van der Waals surface area contributed by atoms with Crippen LogP contribution in [-0.4, -0.2) is 50.6 Å². The van der Waals surface area contributed by atoms with E-state index >= 15 is 0 Å². The van der Waals surface area contributed by atoms with Gasteiger partial charge >= 0.3 is 5.97 Å². The number of hydrogen-bond donors (Lipinski definition) is 1. The van der Waals surface area contributed by atoms with Crippen molar-refractivity contribution in [2.24, 2.45) is 5.92 Å². The number of carbonyl (C=O) groups is 1. The maximum Gasteiger partial charge on any atom is 0.338 e. The maximum absolute atomic E-state index is 11.2. The molecule has 1 saturated heterocycles. The number of hydrogen-bond acceptors (Lipinski definition) is 4. The van der Waals surface area contributed by atoms with Crippen LogP contribution >= 0.6 is 0 Å². The molecule has 0 bridgehead atoms. The number of nitrogens with zero attached hydrogens (tertiary/aromatic N) is 4. The van der Waals surface area contributed by atoms with Crippen molar-refractivity contribution in [1.29, 1.82) is 0 Å². The first-order valence-corrected chi connectivity index (χ1v) is 6.97. The summed E-state index contributed by atoms with van der Waals surface area (Å²) in [6, 6.07) is 5.20. The van der Waals surface area contributed by atoms with Gasteiger partial charge in [-0.1, -0.05) is 18.2 Å². The van der Waals surface area contributed by atoms with E-state index in [-0.39, 0.29) is 5.56 Å². The van der Waals surface area contributed by atoms with Crippen molar-refractivity contribution in [3.63, 3.8) is 0 Å². The third kappa shape index (κ3) is 2.27. The number of carboxylic acids is 1. The minimum atomic E-state index is -0.958. The highest BCUT2D eigenvalue weighted by molar-refractivity contribution is 6.00. The van der Waals surface area contributed by atoms with Gasteiger partial charge in [-0.2, -0.15) is 0 Å². The highest BCUT2D eigenvalue weighted by Gasteiger charge is 2.23. The monoisotopic (exact) mass is 274 g/mol. The number of aromatic nitrogens is 3. The molecule has 1 aromatic carbocycles. The fourth-order valence-corrected chi connectivity index (χ4v) is 2.89. The van der Waals surface area contributed by atoms with Crippen molar-refractivity contribution in [3.8, 4) is 0 Å². The van der Waals surface area contributed by atoms with Crippen LogP contribution in [0.2, 0.25) is 0 Å². The van der Waals surface area contributed by atoms with Crippen LogP contribution in [0.1, 0.15) is 23.7 Å². The second-order valence-electron chi connectivity index (χ2n) is 5.30. The van der Waals surface area contributed by atoms with Crippen LogP contribution in [0.4, 0.5) is 0 Å². The fourth-order valence-electron chi connectivity index (χ4n) is 2.89. The SMILES string of the molecule is CCN1CCC(Cn2nnc3c(C(=O)O)cccc32)C1. The van der Waals surface area contributed by atoms with E-state index in [1.165, 1.54) is 0 Å². The van der Waals surface area contributed by atoms with Crippen molar-refractivity contribution < 1.29 is 9.90 Å². The molecule has 3 rings (SSSR count). The van der Waals surface area contributed by atoms with Gasteiger partial charge in [0.15, 0.2) is 0 Å². The average molecular weight is 274 g/mol. The first-order valence-electron chi connectivity index (χ1n) is 6.97. The predicted octanol–water partition coefficient (Wildman–Crippen LogP) is 1.47. The summed E-state index contributed by atoms with van der Waals surface area (Å²) in [5.74, 6) is -0.394. The average Bonchev–Trinajstić information content (AvgIpc) is 3.06. The van der Waals surface area contributed by atoms with E-state index in [4.69, 9.17) is 5.11 Å². The van der Waals surface area contributed by atoms with Gasteiger partial charge in [-0.25, -0.2) is 9.48 Å². The van der Waals surface area contributed by atoms with E-state index in [0.717, 1.165) is 38.1 Å². The van der Waals surface area contributed by atoms with Crippen molar-refractivity contribution in [2.45, 2.75) is 19.9 Å². The second kappa shape index (κ2) is 5.20. The minimum Gasteiger partial charge on any atom is -0.478 e. The van der Waals surface area contributed by atoms with E-state index in [0.29, 0.717) is 11.4 Å². The Labute approximate surface area is 117 Å². The first-order chi connectivity index (χ1) is 9.69. The molecule has 0 spiro atoms. The van der Waals surface area contributed by atoms with E-state index < -0.39 is 5.97 Å². The highest BCUT2D eigenvalue weighted by Crippen LogP contribution is 2.21. The molecule has 2 aromatic rings. The Kier molecular flexibility index (Phi) is 3.40. The summed E-state index contributed by atoms with van der Waals surface area (Å²) in [5.41, 5.74) is 1.50. The molecule has 0 radical (unpaired) electrons. The molecule has 20 heavy (non-hydrogen) atoms. The van der Waals surface area contributed by atoms with Gasteiger partial charge < -0.3 is 10.0 Å². The molecule has 6 nitrogen and oxygen atoms in total. The smallest absolute Gasteiger partial charge is 0.338 e. The molecule has 106 valence electrons. The van der Waals surface area contributed by atoms with E-state index in [1.54, 1.807) is 12.1 Å². The molecular weight excluding hydrogens is 256 g/mol. The van der Waals surface area contributed by atoms with Crippen molar-refractivity contribution in [1.82, 2.24) is 19.9 Å². The number of rotatable bonds is 4. The predicted molar refractivity (Wildman–Crippen MR) is 74.7 cm³/mol. The van der Waals surface area contributed by atoms with Gasteiger partial charge in [0.1, 0.15) is 5.52 Å². The molecular formula is C14H18N4O2. The van der Waals surface area contributed by atoms with Gasteiger partial charge in [-0.15, -0.1) is 5.10 Å². The number of fused-ring (bicyclic) bond motifs is 1. The van der Waals surface area contributed by atoms with E-state index in [2.05, 4.69) is 22.1 Å². The van der Waals surface area contributed by atoms with Crippen LogP contribution in [0.3, 0.4) is 0 Å². The quantitative estimate of drug-likeness (QED) is 0.914. The van der Waals surface area contributed by atoms with Crippen LogP contribution in [-0.2, 0) is 6.54 Å². The molecule has 2 heterocycles. The third-order valence-corrected chi connectivity index (χ3v) is 4.02. The zero-order chi connectivity index (χ0) is 14.1. The number of aromatic carboxylic acids is 1. The van der Waals surface area contributed by atoms with Crippen LogP contribution in [0.25, 0.3) is 11.0 Å². The summed E-state index contributed by atoms with van der Waals surface area (Å²) in [5, 5.41) is 17.3. The van der Waals surface area contributed by atoms with E-state index in [9.17, 15) is 4.79 Å². The number of carboxylic acid groups (broad SMARTS) is 1. The zero-order valence-corrected chi connectivity index (χ0v) is 11.5. The topological polar surface area (TPSA) is 71.2 Å². The Balaban J connectivity index is 1.86. The third-order valence-electron chi connectivity index (χ3n) is 4.02. The van der Waals surface area contributed by atoms with Crippen molar-refractivity contribution >= 4 is 17.0 Å². The summed E-state index contributed by atoms with van der Waals surface area (Å²) in [7, 11) is 0. The molecule has 1 N–H and O–H groups in total. The lowest BCUT2D eigenvalue weighted by Crippen LogP contribution is -2.21. The summed E-state index contributed by atoms with van der Waals surface area (Å²) in [6.45, 7) is 6.27. The van der Waals surface area contributed by atoms with E-state index in [1.807, 2.05) is 10.7 Å². The van der Waals surface area contributed by atoms with Gasteiger partial charge in [0.05, 0.1) is 11.1 Å². The normalized spacial score (nSPS) is 19.8. The first kappa shape index (κ1) is 13.1. The summed E-state index contributed by atoms with van der Waals surface area (Å²) >= 11 is 0. The molecule has 1 aromatic heterocycles. The van der Waals surface area contributed by atoms with Crippen LogP contribution < -0.4 is 0 Å². The molecule has 0 aliphatic carbocycles. The summed E-state index contributed by atoms with van der Waals surface area (Å²) in [6.07, 6.45) is 1.16. The van der Waals surface area contributed by atoms with Crippen molar-refractivity contribution in [3.05, 3.63) is 23.8 Å². The van der Waals surface area contributed by atoms with Crippen LogP contribution in [0.15, 0.2) is 18.2 Å². The number of benzene rings is 1. The van der Waals surface area contributed by atoms with Gasteiger partial charge in [-0.3, -0.25) is 0 Å². The summed E-state index contributed by atoms with van der Waals surface area (Å²) in [4.78, 5) is 13.6. The summed E-state index contributed by atoms with van der Waals surface area (Å²) < 4.78 is 1.84. The molecule has 1 atom stereocenters. The Bertz CT molecular complexity index is 637. The molecule has 0 amide bonds.